The maximum absolute atomic E-state index is 5.73. The molecule has 0 saturated carbocycles. The van der Waals surface area contributed by atoms with Gasteiger partial charge in [-0.1, -0.05) is 13.8 Å². The van der Waals surface area contributed by atoms with E-state index in [4.69, 9.17) is 10.5 Å². The van der Waals surface area contributed by atoms with Crippen LogP contribution in [0.1, 0.15) is 13.8 Å². The summed E-state index contributed by atoms with van der Waals surface area (Å²) in [6.45, 7) is 7.02. The molecule has 0 spiro atoms. The third-order valence-corrected chi connectivity index (χ3v) is 2.97. The van der Waals surface area contributed by atoms with Crippen LogP contribution >= 0.6 is 0 Å². The number of hydrogen-bond acceptors (Lipinski definition) is 4. The number of nitrogens with two attached hydrogens (primary N) is 1. The molecular weight excluding hydrogens is 202 g/mol. The van der Waals surface area contributed by atoms with Gasteiger partial charge in [0.15, 0.2) is 0 Å². The minimum absolute atomic E-state index is 0.311. The van der Waals surface area contributed by atoms with Crippen LogP contribution in [0.15, 0.2) is 18.3 Å². The van der Waals surface area contributed by atoms with E-state index in [0.717, 1.165) is 25.4 Å². The number of hydrogen-bond donors (Lipinski definition) is 1. The van der Waals surface area contributed by atoms with Crippen molar-refractivity contribution in [2.45, 2.75) is 20.0 Å². The summed E-state index contributed by atoms with van der Waals surface area (Å²) in [5, 5.41) is 0. The molecule has 0 amide bonds. The molecule has 2 N–H and O–H groups in total. The summed E-state index contributed by atoms with van der Waals surface area (Å²) in [6.07, 6.45) is 2.14. The Bertz CT molecular complexity index is 337. The number of aromatic nitrogens is 1. The van der Waals surface area contributed by atoms with Crippen molar-refractivity contribution in [2.75, 3.05) is 30.3 Å². The van der Waals surface area contributed by atoms with Gasteiger partial charge < -0.3 is 15.4 Å². The van der Waals surface area contributed by atoms with Crippen LogP contribution in [0.3, 0.4) is 0 Å². The van der Waals surface area contributed by atoms with Crippen molar-refractivity contribution < 1.29 is 4.74 Å². The number of nitrogens with zero attached hydrogens (tertiary/aromatic N) is 2. The maximum atomic E-state index is 5.73. The number of morpholine rings is 1. The molecule has 88 valence electrons. The van der Waals surface area contributed by atoms with E-state index < -0.39 is 0 Å². The van der Waals surface area contributed by atoms with Crippen LogP contribution in [0.4, 0.5) is 11.5 Å². The van der Waals surface area contributed by atoms with Crippen molar-refractivity contribution in [1.82, 2.24) is 4.98 Å². The minimum atomic E-state index is 0.311. The van der Waals surface area contributed by atoms with E-state index in [1.807, 2.05) is 18.3 Å². The van der Waals surface area contributed by atoms with Gasteiger partial charge in [0.1, 0.15) is 5.82 Å². The number of rotatable bonds is 2. The fraction of sp³-hybridized carbons (Fsp3) is 0.583. The first-order valence-electron chi connectivity index (χ1n) is 5.75. The Morgan fingerprint density at radius 2 is 2.31 bits per heavy atom. The molecule has 1 aromatic rings. The van der Waals surface area contributed by atoms with Gasteiger partial charge in [-0.15, -0.1) is 0 Å². The van der Waals surface area contributed by atoms with E-state index in [0.29, 0.717) is 17.8 Å². The molecule has 4 nitrogen and oxygen atoms in total. The summed E-state index contributed by atoms with van der Waals surface area (Å²) in [5.41, 5.74) is 6.71. The van der Waals surface area contributed by atoms with E-state index in [1.165, 1.54) is 0 Å². The molecular formula is C12H19N3O. The third-order valence-electron chi connectivity index (χ3n) is 2.97. The van der Waals surface area contributed by atoms with E-state index >= 15 is 0 Å². The van der Waals surface area contributed by atoms with Gasteiger partial charge in [0.2, 0.25) is 0 Å². The predicted octanol–water partition coefficient (Wildman–Crippen LogP) is 1.52. The normalized spacial score (nSPS) is 21.4. The summed E-state index contributed by atoms with van der Waals surface area (Å²) in [6, 6.07) is 3.86. The van der Waals surface area contributed by atoms with Gasteiger partial charge in [-0.3, -0.25) is 0 Å². The third kappa shape index (κ3) is 2.44. The Morgan fingerprint density at radius 1 is 1.50 bits per heavy atom. The lowest BCUT2D eigenvalue weighted by atomic mass is 10.1. The number of nitrogen functional groups attached to an aromatic ring is 1. The van der Waals surface area contributed by atoms with Crippen LogP contribution in [0.5, 0.6) is 0 Å². The molecule has 1 aliphatic heterocycles. The first kappa shape index (κ1) is 11.2. The molecule has 1 aromatic heterocycles. The van der Waals surface area contributed by atoms with Gasteiger partial charge in [-0.2, -0.15) is 0 Å². The highest BCUT2D eigenvalue weighted by Gasteiger charge is 2.23. The lowest BCUT2D eigenvalue weighted by Crippen LogP contribution is -2.44. The quantitative estimate of drug-likeness (QED) is 0.822. The molecule has 16 heavy (non-hydrogen) atoms. The number of ether oxygens (including phenoxy) is 1. The van der Waals surface area contributed by atoms with E-state index in [1.54, 1.807) is 0 Å². The molecule has 0 bridgehead atoms. The molecule has 0 radical (unpaired) electrons. The zero-order valence-electron chi connectivity index (χ0n) is 9.89. The number of pyridine rings is 1. The highest BCUT2D eigenvalue weighted by molar-refractivity contribution is 5.48. The first-order chi connectivity index (χ1) is 7.66. The Labute approximate surface area is 96.4 Å². The average molecular weight is 221 g/mol. The Balaban J connectivity index is 2.06. The van der Waals surface area contributed by atoms with E-state index in [9.17, 15) is 0 Å². The fourth-order valence-corrected chi connectivity index (χ4v) is 1.90. The summed E-state index contributed by atoms with van der Waals surface area (Å²) in [4.78, 5) is 6.43. The summed E-state index contributed by atoms with van der Waals surface area (Å²) in [7, 11) is 0. The standard InChI is InChI=1S/C12H19N3O/c1-9(2)11-8-15(5-6-16-11)10-3-4-12(13)14-7-10/h3-4,7,9,11H,5-6,8H2,1-2H3,(H2,13,14). The minimum Gasteiger partial charge on any atom is -0.384 e. The van der Waals surface area contributed by atoms with Crippen LogP contribution in [-0.4, -0.2) is 30.8 Å². The Kier molecular flexibility index (Phi) is 3.29. The SMILES string of the molecule is CC(C)C1CN(c2ccc(N)nc2)CCO1. The van der Waals surface area contributed by atoms with Gasteiger partial charge in [-0.05, 0) is 18.1 Å². The van der Waals surface area contributed by atoms with Crippen LogP contribution in [0, 0.1) is 5.92 Å². The highest BCUT2D eigenvalue weighted by Crippen LogP contribution is 2.20. The second-order valence-electron chi connectivity index (χ2n) is 4.54. The fourth-order valence-electron chi connectivity index (χ4n) is 1.90. The zero-order valence-corrected chi connectivity index (χ0v) is 9.89. The van der Waals surface area contributed by atoms with Gasteiger partial charge >= 0.3 is 0 Å². The van der Waals surface area contributed by atoms with Gasteiger partial charge in [0.25, 0.3) is 0 Å². The molecule has 2 rings (SSSR count). The van der Waals surface area contributed by atoms with E-state index in [2.05, 4.69) is 23.7 Å². The van der Waals surface area contributed by atoms with Crippen molar-refractivity contribution in [3.63, 3.8) is 0 Å². The van der Waals surface area contributed by atoms with Crippen molar-refractivity contribution in [3.05, 3.63) is 18.3 Å². The van der Waals surface area contributed by atoms with Crippen molar-refractivity contribution in [2.24, 2.45) is 5.92 Å². The maximum Gasteiger partial charge on any atom is 0.123 e. The lowest BCUT2D eigenvalue weighted by molar-refractivity contribution is 0.0114. The Hall–Kier alpha value is -1.29. The van der Waals surface area contributed by atoms with Crippen LogP contribution in [0.25, 0.3) is 0 Å². The highest BCUT2D eigenvalue weighted by atomic mass is 16.5. The molecule has 0 aromatic carbocycles. The molecule has 1 fully saturated rings. The van der Waals surface area contributed by atoms with E-state index in [-0.39, 0.29) is 0 Å². The molecule has 2 heterocycles. The van der Waals surface area contributed by atoms with Gasteiger partial charge in [0, 0.05) is 13.1 Å². The molecule has 1 atom stereocenters. The second-order valence-corrected chi connectivity index (χ2v) is 4.54. The monoisotopic (exact) mass is 221 g/mol. The largest absolute Gasteiger partial charge is 0.384 e. The van der Waals surface area contributed by atoms with Crippen LogP contribution in [0.2, 0.25) is 0 Å². The second kappa shape index (κ2) is 4.70. The van der Waals surface area contributed by atoms with Crippen molar-refractivity contribution in [3.8, 4) is 0 Å². The molecule has 0 aliphatic carbocycles. The van der Waals surface area contributed by atoms with Gasteiger partial charge in [0.05, 0.1) is 24.6 Å². The zero-order chi connectivity index (χ0) is 11.5. The first-order valence-corrected chi connectivity index (χ1v) is 5.75. The lowest BCUT2D eigenvalue weighted by Gasteiger charge is -2.36. The molecule has 1 saturated heterocycles. The Morgan fingerprint density at radius 3 is 2.94 bits per heavy atom. The summed E-state index contributed by atoms with van der Waals surface area (Å²) < 4.78 is 5.73. The van der Waals surface area contributed by atoms with Crippen LogP contribution < -0.4 is 10.6 Å². The van der Waals surface area contributed by atoms with Crippen molar-refractivity contribution >= 4 is 11.5 Å². The average Bonchev–Trinajstić information content (AvgIpc) is 2.30. The molecule has 1 aliphatic rings. The molecule has 1 unspecified atom stereocenters. The smallest absolute Gasteiger partial charge is 0.123 e. The molecule has 4 heteroatoms. The van der Waals surface area contributed by atoms with Crippen molar-refractivity contribution in [1.29, 1.82) is 0 Å². The topological polar surface area (TPSA) is 51.4 Å². The number of anilines is 2. The predicted molar refractivity (Wildman–Crippen MR) is 65.4 cm³/mol. The summed E-state index contributed by atoms with van der Waals surface area (Å²) in [5.74, 6) is 1.11. The van der Waals surface area contributed by atoms with Gasteiger partial charge in [-0.25, -0.2) is 4.98 Å². The summed E-state index contributed by atoms with van der Waals surface area (Å²) >= 11 is 0. The van der Waals surface area contributed by atoms with Crippen LogP contribution in [-0.2, 0) is 4.74 Å².